The summed E-state index contributed by atoms with van der Waals surface area (Å²) in [4.78, 5) is 13.1. The van der Waals surface area contributed by atoms with Crippen molar-refractivity contribution in [3.63, 3.8) is 0 Å². The summed E-state index contributed by atoms with van der Waals surface area (Å²) in [7, 11) is 0. The third-order valence-electron chi connectivity index (χ3n) is 5.53. The smallest absolute Gasteiger partial charge is 0.387 e. The Balaban J connectivity index is 1.63. The van der Waals surface area contributed by atoms with Crippen LogP contribution in [-0.4, -0.2) is 34.0 Å². The van der Waals surface area contributed by atoms with Crippen LogP contribution in [0.4, 0.5) is 8.78 Å². The molecule has 1 fully saturated rings. The van der Waals surface area contributed by atoms with Crippen LogP contribution in [0.1, 0.15) is 35.4 Å². The van der Waals surface area contributed by atoms with Crippen LogP contribution in [0.2, 0.25) is 0 Å². The van der Waals surface area contributed by atoms with Crippen molar-refractivity contribution in [2.24, 2.45) is 0 Å². The lowest BCUT2D eigenvalue weighted by Gasteiger charge is -2.14. The minimum Gasteiger partial charge on any atom is -0.435 e. The minimum absolute atomic E-state index is 0.0599. The summed E-state index contributed by atoms with van der Waals surface area (Å²) < 4.78 is 32.3. The summed E-state index contributed by atoms with van der Waals surface area (Å²) in [6, 6.07) is 12.3. The number of rotatable bonds is 7. The highest BCUT2D eigenvalue weighted by Gasteiger charge is 2.20. The number of aryl methyl sites for hydroxylation is 2. The summed E-state index contributed by atoms with van der Waals surface area (Å²) >= 11 is 0. The van der Waals surface area contributed by atoms with Gasteiger partial charge in [0.05, 0.1) is 12.2 Å². The molecular weight excluding hydrogens is 404 g/mol. The fourth-order valence-corrected chi connectivity index (χ4v) is 3.96. The molecule has 4 rings (SSSR count). The molecule has 1 saturated heterocycles. The highest BCUT2D eigenvalue weighted by Crippen LogP contribution is 2.24. The van der Waals surface area contributed by atoms with Gasteiger partial charge in [-0.2, -0.15) is 18.6 Å². The van der Waals surface area contributed by atoms with Crippen molar-refractivity contribution in [3.05, 3.63) is 75.5 Å². The molecule has 1 aromatic heterocycles. The SMILES string of the molecule is CCc1cc(-n2nc(C)n(Cc3cccc(OC(F)F)c3)c2=O)ccc1C1CNNC1. The van der Waals surface area contributed by atoms with Crippen molar-refractivity contribution < 1.29 is 13.5 Å². The van der Waals surface area contributed by atoms with E-state index in [1.807, 2.05) is 12.1 Å². The first-order chi connectivity index (χ1) is 15.0. The van der Waals surface area contributed by atoms with Crippen molar-refractivity contribution in [1.82, 2.24) is 25.2 Å². The van der Waals surface area contributed by atoms with Crippen LogP contribution in [0.25, 0.3) is 5.69 Å². The van der Waals surface area contributed by atoms with Gasteiger partial charge >= 0.3 is 12.3 Å². The molecule has 2 heterocycles. The van der Waals surface area contributed by atoms with Gasteiger partial charge in [0.2, 0.25) is 0 Å². The molecule has 31 heavy (non-hydrogen) atoms. The standard InChI is InChI=1S/C22H25F2N5O2/c1-3-16-10-18(7-8-20(16)17-11-25-26-12-17)29-22(30)28(14(2)27-29)13-15-5-4-6-19(9-15)31-21(23)24/h4-10,17,21,25-26H,3,11-13H2,1-2H3. The van der Waals surface area contributed by atoms with Gasteiger partial charge in [0, 0.05) is 19.0 Å². The van der Waals surface area contributed by atoms with E-state index in [1.54, 1.807) is 19.1 Å². The van der Waals surface area contributed by atoms with Crippen molar-refractivity contribution >= 4 is 0 Å². The summed E-state index contributed by atoms with van der Waals surface area (Å²) in [6.07, 6.45) is 0.852. The van der Waals surface area contributed by atoms with Crippen LogP contribution in [0.5, 0.6) is 5.75 Å². The number of benzene rings is 2. The average molecular weight is 429 g/mol. The van der Waals surface area contributed by atoms with E-state index >= 15 is 0 Å². The number of alkyl halides is 2. The first kappa shape index (κ1) is 21.2. The fraction of sp³-hybridized carbons (Fsp3) is 0.364. The molecule has 164 valence electrons. The first-order valence-corrected chi connectivity index (χ1v) is 10.3. The maximum atomic E-state index is 13.1. The second kappa shape index (κ2) is 8.99. The van der Waals surface area contributed by atoms with Crippen molar-refractivity contribution in [2.75, 3.05) is 13.1 Å². The third-order valence-corrected chi connectivity index (χ3v) is 5.53. The van der Waals surface area contributed by atoms with Gasteiger partial charge in [0.1, 0.15) is 11.6 Å². The number of nitrogens with one attached hydrogen (secondary N) is 2. The molecule has 2 aromatic carbocycles. The quantitative estimate of drug-likeness (QED) is 0.604. The Hall–Kier alpha value is -3.04. The van der Waals surface area contributed by atoms with Crippen LogP contribution >= 0.6 is 0 Å². The zero-order valence-corrected chi connectivity index (χ0v) is 17.4. The van der Waals surface area contributed by atoms with Crippen LogP contribution in [0.3, 0.4) is 0 Å². The van der Waals surface area contributed by atoms with Crippen LogP contribution in [-0.2, 0) is 13.0 Å². The predicted molar refractivity (Wildman–Crippen MR) is 113 cm³/mol. The van der Waals surface area contributed by atoms with E-state index in [0.29, 0.717) is 23.0 Å². The topological polar surface area (TPSA) is 73.1 Å². The Morgan fingerprint density at radius 3 is 2.68 bits per heavy atom. The van der Waals surface area contributed by atoms with Crippen molar-refractivity contribution in [2.45, 2.75) is 39.3 Å². The van der Waals surface area contributed by atoms with Crippen LogP contribution in [0.15, 0.2) is 47.3 Å². The lowest BCUT2D eigenvalue weighted by Crippen LogP contribution is -2.25. The van der Waals surface area contributed by atoms with Gasteiger partial charge in [0.25, 0.3) is 0 Å². The summed E-state index contributed by atoms with van der Waals surface area (Å²) in [6.45, 7) is 2.91. The Morgan fingerprint density at radius 2 is 1.97 bits per heavy atom. The number of hydrogen-bond donors (Lipinski definition) is 2. The molecule has 1 aliphatic rings. The molecule has 0 radical (unpaired) electrons. The Bertz CT molecular complexity index is 1120. The van der Waals surface area contributed by atoms with E-state index in [4.69, 9.17) is 0 Å². The van der Waals surface area contributed by atoms with Gasteiger partial charge < -0.3 is 4.74 Å². The third kappa shape index (κ3) is 4.52. The lowest BCUT2D eigenvalue weighted by atomic mass is 9.93. The van der Waals surface area contributed by atoms with Gasteiger partial charge in [-0.25, -0.2) is 4.79 Å². The van der Waals surface area contributed by atoms with Crippen molar-refractivity contribution in [1.29, 1.82) is 0 Å². The first-order valence-electron chi connectivity index (χ1n) is 10.3. The monoisotopic (exact) mass is 429 g/mol. The molecule has 1 aliphatic heterocycles. The molecule has 0 unspecified atom stereocenters. The van der Waals surface area contributed by atoms with Gasteiger partial charge in [-0.1, -0.05) is 25.1 Å². The molecule has 0 saturated carbocycles. The molecule has 0 aliphatic carbocycles. The van der Waals surface area contributed by atoms with Crippen molar-refractivity contribution in [3.8, 4) is 11.4 Å². The lowest BCUT2D eigenvalue weighted by molar-refractivity contribution is -0.0498. The summed E-state index contributed by atoms with van der Waals surface area (Å²) in [5.74, 6) is 0.990. The van der Waals surface area contributed by atoms with Gasteiger partial charge in [-0.05, 0) is 54.3 Å². The maximum absolute atomic E-state index is 13.1. The van der Waals surface area contributed by atoms with E-state index in [0.717, 1.165) is 19.5 Å². The Morgan fingerprint density at radius 1 is 1.19 bits per heavy atom. The second-order valence-corrected chi connectivity index (χ2v) is 7.55. The number of nitrogens with zero attached hydrogens (tertiary/aromatic N) is 3. The normalized spacial score (nSPS) is 14.5. The molecule has 3 aromatic rings. The molecular formula is C22H25F2N5O2. The van der Waals surface area contributed by atoms with Gasteiger partial charge in [0.15, 0.2) is 0 Å². The highest BCUT2D eigenvalue weighted by atomic mass is 19.3. The molecule has 0 spiro atoms. The molecule has 7 nitrogen and oxygen atoms in total. The molecule has 0 amide bonds. The van der Waals surface area contributed by atoms with E-state index in [1.165, 1.54) is 32.5 Å². The van der Waals surface area contributed by atoms with E-state index in [2.05, 4.69) is 33.7 Å². The largest absolute Gasteiger partial charge is 0.435 e. The van der Waals surface area contributed by atoms with E-state index < -0.39 is 6.61 Å². The van der Waals surface area contributed by atoms with Gasteiger partial charge in [-0.15, -0.1) is 0 Å². The van der Waals surface area contributed by atoms with Crippen LogP contribution in [0, 0.1) is 6.92 Å². The minimum atomic E-state index is -2.89. The van der Waals surface area contributed by atoms with E-state index in [9.17, 15) is 13.6 Å². The molecule has 2 N–H and O–H groups in total. The molecule has 0 bridgehead atoms. The number of aromatic nitrogens is 3. The average Bonchev–Trinajstić information content (AvgIpc) is 3.37. The fourth-order valence-electron chi connectivity index (χ4n) is 3.96. The zero-order valence-electron chi connectivity index (χ0n) is 17.4. The molecule has 9 heteroatoms. The Labute approximate surface area is 178 Å². The van der Waals surface area contributed by atoms with Gasteiger partial charge in [-0.3, -0.25) is 15.4 Å². The van der Waals surface area contributed by atoms with Crippen LogP contribution < -0.4 is 21.3 Å². The zero-order chi connectivity index (χ0) is 22.0. The Kier molecular flexibility index (Phi) is 6.15. The second-order valence-electron chi connectivity index (χ2n) is 7.55. The number of hydrogen-bond acceptors (Lipinski definition) is 5. The molecule has 0 atom stereocenters. The summed E-state index contributed by atoms with van der Waals surface area (Å²) in [5, 5.41) is 4.44. The number of halogens is 2. The highest BCUT2D eigenvalue weighted by molar-refractivity contribution is 5.42. The number of hydrazine groups is 1. The van der Waals surface area contributed by atoms with E-state index in [-0.39, 0.29) is 18.0 Å². The number of ether oxygens (including phenoxy) is 1. The maximum Gasteiger partial charge on any atom is 0.387 e. The summed E-state index contributed by atoms with van der Waals surface area (Å²) in [5.41, 5.74) is 9.86. The predicted octanol–water partition coefficient (Wildman–Crippen LogP) is 2.75.